The molecule has 0 fully saturated rings. The number of Topliss-reactive ketones (excluding diaryl/α,β-unsaturated/α-hetero) is 2. The van der Waals surface area contributed by atoms with Gasteiger partial charge in [0, 0.05) is 202 Å². The Labute approximate surface area is 814 Å². The number of ketones is 3. The first-order chi connectivity index (χ1) is 65.4. The van der Waals surface area contributed by atoms with E-state index in [1.807, 2.05) is 334 Å². The topological polar surface area (TPSA) is 215 Å². The number of hydrogen-bond acceptors (Lipinski definition) is 10. The van der Waals surface area contributed by atoms with Crippen molar-refractivity contribution >= 4 is 29.6 Å². The summed E-state index contributed by atoms with van der Waals surface area (Å²) in [5, 5.41) is 25.8. The molecule has 13 heterocycles. The molecular weight excluding hydrogens is 1710 g/mol. The van der Waals surface area contributed by atoms with E-state index in [1.54, 1.807) is 50.7 Å². The molecule has 0 unspecified atom stereocenters. The lowest BCUT2D eigenvalue weighted by molar-refractivity contribution is -0.672. The van der Waals surface area contributed by atoms with Gasteiger partial charge in [-0.2, -0.15) is 0 Å². The highest BCUT2D eigenvalue weighted by Crippen LogP contribution is 2.18. The number of methoxy groups -OCH3 is 2. The standard InChI is InChI=1S/C13H12NO.C13H14N.C9H14NO.C9H12NO.C9H14N.C8H10NO2.C8H10NO.C8H12NO.2C8H12N.2C7H10NO.C7H8NO/c1-14-9-7-12(8-10-14)13(15)11-5-3-2-4-6-11;1-11-8-13(10-14(2)9-11)12-6-4-3-5-7-12;1-10-6-4-9(5-7-10)3-2-8-11;1-3-9(11)8-4-6-10(2)7-5-8;1-4-9-7-10(3)6-5-8(9)2;1-9-5-3-7(4-6-9)8(10)11-2;1-7(10)8-3-5-9(2)6-4-8;1-9-5-2-8(3-6-9)4-7-10;1-7-4-8(2)6-9(3)5-7;1-7-4-5-9(3)6-8(7)2;1-8-5-3-7(9-2)4-6-8;2*1-8-4-2-7(6-9)3-5-8/h2-10H,1H3;3-10H,1-2H3;4-7,11H,2-3,8H2,1H3;4-7H,3H2,1-2H3;5-7H,4H2,1-3H3;3-6H,1-2H3;3-6H,1-2H3;2-3,5-6,10H,4,7H2,1H3;2*4-6H,1-3H3;3-6H,1-2H3;2-5,9H,6H2,1H3;2-6H,1H3/q13*+1. The molecule has 0 aliphatic carbocycles. The van der Waals surface area contributed by atoms with Crippen molar-refractivity contribution in [1.29, 1.82) is 0 Å². The van der Waals surface area contributed by atoms with Crippen LogP contribution in [0.25, 0.3) is 11.1 Å². The molecule has 718 valence electrons. The van der Waals surface area contributed by atoms with Crippen molar-refractivity contribution in [3.05, 3.63) is 444 Å². The van der Waals surface area contributed by atoms with Gasteiger partial charge >= 0.3 is 5.97 Å². The highest BCUT2D eigenvalue weighted by atomic mass is 16.5. The third-order valence-corrected chi connectivity index (χ3v) is 20.3. The van der Waals surface area contributed by atoms with E-state index in [1.165, 1.54) is 68.3 Å². The van der Waals surface area contributed by atoms with Crippen molar-refractivity contribution in [3.8, 4) is 16.9 Å². The van der Waals surface area contributed by atoms with E-state index in [2.05, 4.69) is 196 Å². The molecule has 23 heteroatoms. The van der Waals surface area contributed by atoms with Gasteiger partial charge in [0.25, 0.3) is 0 Å². The highest BCUT2D eigenvalue weighted by molar-refractivity contribution is 6.08. The monoisotopic (exact) mass is 1860 g/mol. The van der Waals surface area contributed by atoms with E-state index < -0.39 is 0 Å². The highest BCUT2D eigenvalue weighted by Gasteiger charge is 2.12. The Morgan fingerprint density at radius 3 is 1.05 bits per heavy atom. The minimum atomic E-state index is -0.300. The number of benzene rings is 2. The molecule has 0 aliphatic heterocycles. The molecule has 0 amide bonds. The summed E-state index contributed by atoms with van der Waals surface area (Å²) < 4.78 is 35.1. The van der Waals surface area contributed by atoms with E-state index in [4.69, 9.17) is 20.1 Å². The average Bonchev–Trinajstić information content (AvgIpc) is 0.836. The van der Waals surface area contributed by atoms with Gasteiger partial charge in [-0.25, -0.2) is 64.2 Å². The number of aldehydes is 1. The molecule has 23 nitrogen and oxygen atoms in total. The van der Waals surface area contributed by atoms with E-state index in [-0.39, 0.29) is 43.1 Å². The quantitative estimate of drug-likeness (QED) is 0.0360. The van der Waals surface area contributed by atoms with Crippen molar-refractivity contribution < 1.29 is 108 Å². The number of rotatable bonds is 16. The Bertz CT molecular complexity index is 5790. The minimum Gasteiger partial charge on any atom is -0.496 e. The molecule has 0 saturated carbocycles. The number of hydrogen-bond donors (Lipinski definition) is 3. The zero-order chi connectivity index (χ0) is 102. The smallest absolute Gasteiger partial charge is 0.338 e. The second-order valence-electron chi connectivity index (χ2n) is 32.8. The number of aliphatic hydroxyl groups excluding tert-OH is 3. The first kappa shape index (κ1) is 116. The SMILES string of the molecule is CC(=O)c1cc[n+](C)cc1.CCC(=O)c1cc[n+](C)cc1.CCc1c[n+](C)ccc1C.COC(=O)c1cc[n+](C)cc1.COc1cc[n+](C)cc1.C[n+]1ccc(C(=O)c2ccccc2)cc1.C[n+]1ccc(C=O)cc1.C[n+]1ccc(CCCO)cc1.C[n+]1ccc(CCO)cc1.C[n+]1ccc(CO)cc1.Cc1cc(-c2ccccc2)c[n+](C)c1.Cc1cc(C)c[n+](C)c1.Cc1cc[n+](C)cc1C. The molecule has 15 rings (SSSR count). The summed E-state index contributed by atoms with van der Waals surface area (Å²) in [6.45, 7) is 19.0. The summed E-state index contributed by atoms with van der Waals surface area (Å²) >= 11 is 0. The van der Waals surface area contributed by atoms with Gasteiger partial charge in [0.05, 0.1) is 26.4 Å². The van der Waals surface area contributed by atoms with Crippen LogP contribution in [0.3, 0.4) is 0 Å². The van der Waals surface area contributed by atoms with Gasteiger partial charge in [0.2, 0.25) is 0 Å². The van der Waals surface area contributed by atoms with Gasteiger partial charge in [0.1, 0.15) is 97.4 Å². The normalized spacial score (nSPS) is 9.66. The largest absolute Gasteiger partial charge is 0.496 e. The molecule has 13 aromatic heterocycles. The van der Waals surface area contributed by atoms with Gasteiger partial charge in [-0.15, -0.1) is 0 Å². The van der Waals surface area contributed by atoms with Crippen molar-refractivity contribution in [3.63, 3.8) is 0 Å². The number of ether oxygens (including phenoxy) is 2. The van der Waals surface area contributed by atoms with E-state index >= 15 is 0 Å². The van der Waals surface area contributed by atoms with E-state index in [9.17, 15) is 24.0 Å². The van der Waals surface area contributed by atoms with E-state index in [0.717, 1.165) is 65.5 Å². The van der Waals surface area contributed by atoms with Crippen LogP contribution in [-0.2, 0) is 122 Å². The predicted octanol–water partition coefficient (Wildman–Crippen LogP) is 11.3. The van der Waals surface area contributed by atoms with Crippen LogP contribution in [0, 0.1) is 41.5 Å². The fraction of sp³-hybridized carbons (Fsp3) is 0.281. The molecular formula is C114H150N13O10+13. The van der Waals surface area contributed by atoms with Gasteiger partial charge < -0.3 is 24.8 Å². The van der Waals surface area contributed by atoms with Crippen molar-refractivity contribution in [2.45, 2.75) is 101 Å². The van der Waals surface area contributed by atoms with Crippen LogP contribution in [-0.4, -0.2) is 72.4 Å². The first-order valence-corrected chi connectivity index (χ1v) is 45.4. The second-order valence-corrected chi connectivity index (χ2v) is 32.8. The number of aromatic nitrogens is 13. The Hall–Kier alpha value is -14.8. The Kier molecular flexibility index (Phi) is 56.6. The molecule has 0 saturated heterocycles. The van der Waals surface area contributed by atoms with Crippen molar-refractivity contribution in [1.82, 2.24) is 0 Å². The lowest BCUT2D eigenvalue weighted by Crippen LogP contribution is -2.27. The maximum Gasteiger partial charge on any atom is 0.338 e. The van der Waals surface area contributed by atoms with Crippen LogP contribution in [0.5, 0.6) is 5.75 Å². The van der Waals surface area contributed by atoms with Crippen LogP contribution in [0.4, 0.5) is 0 Å². The van der Waals surface area contributed by atoms with Crippen LogP contribution in [0.2, 0.25) is 0 Å². The third-order valence-electron chi connectivity index (χ3n) is 20.3. The average molecular weight is 1860 g/mol. The van der Waals surface area contributed by atoms with Gasteiger partial charge in [-0.3, -0.25) is 19.2 Å². The third kappa shape index (κ3) is 50.8. The number of nitrogens with zero attached hydrogens (tertiary/aromatic N) is 13. The van der Waals surface area contributed by atoms with Crippen LogP contribution in [0.1, 0.15) is 147 Å². The Balaban J connectivity index is 0.000000383. The number of carbonyl (C=O) groups is 5. The number of esters is 1. The number of aryl methyl sites for hydroxylation is 21. The summed E-state index contributed by atoms with van der Waals surface area (Å²) in [4.78, 5) is 54.8. The number of pyridine rings is 13. The zero-order valence-electron chi connectivity index (χ0n) is 85.2. The minimum absolute atomic E-state index is 0.0659. The van der Waals surface area contributed by atoms with Crippen molar-refractivity contribution in [2.75, 3.05) is 27.4 Å². The molecule has 137 heavy (non-hydrogen) atoms. The van der Waals surface area contributed by atoms with Gasteiger partial charge in [-0.1, -0.05) is 74.5 Å². The van der Waals surface area contributed by atoms with E-state index in [0.29, 0.717) is 17.5 Å². The summed E-state index contributed by atoms with van der Waals surface area (Å²) in [5.41, 5.74) is 19.7. The zero-order valence-corrected chi connectivity index (χ0v) is 85.2. The lowest BCUT2D eigenvalue weighted by atomic mass is 10.1. The molecule has 0 radical (unpaired) electrons. The van der Waals surface area contributed by atoms with Crippen LogP contribution >= 0.6 is 0 Å². The fourth-order valence-electron chi connectivity index (χ4n) is 12.2. The molecule has 15 aromatic rings. The Morgan fingerprint density at radius 1 is 0.328 bits per heavy atom. The molecule has 0 bridgehead atoms. The van der Waals surface area contributed by atoms with Crippen LogP contribution < -0.4 is 64.1 Å². The maximum absolute atomic E-state index is 11.9. The molecule has 3 N–H and O–H groups in total. The summed E-state index contributed by atoms with van der Waals surface area (Å²) in [7, 11) is 28.7. The molecule has 2 aromatic carbocycles. The molecule has 0 aliphatic rings. The Morgan fingerprint density at radius 2 is 0.686 bits per heavy atom. The summed E-state index contributed by atoms with van der Waals surface area (Å²) in [6, 6.07) is 62.1. The second kappa shape index (κ2) is 66.6. The first-order valence-electron chi connectivity index (χ1n) is 45.4. The van der Waals surface area contributed by atoms with Crippen molar-refractivity contribution in [2.24, 2.45) is 91.6 Å². The fourth-order valence-corrected chi connectivity index (χ4v) is 12.2. The molecule has 0 spiro atoms. The lowest BCUT2D eigenvalue weighted by Gasteiger charge is -2.00. The summed E-state index contributed by atoms with van der Waals surface area (Å²) in [6.07, 6.45) is 56.2. The van der Waals surface area contributed by atoms with Crippen LogP contribution in [0.15, 0.2) is 355 Å². The number of carbonyl (C=O) groups excluding carboxylic acids is 5. The predicted molar refractivity (Wildman–Crippen MR) is 532 cm³/mol. The number of aliphatic hydroxyl groups is 3. The summed E-state index contributed by atoms with van der Waals surface area (Å²) in [5.74, 6) is 0.973. The molecule has 0 atom stereocenters. The van der Waals surface area contributed by atoms with Gasteiger partial charge in [0.15, 0.2) is 185 Å². The van der Waals surface area contributed by atoms with Gasteiger partial charge in [-0.05, 0) is 120 Å². The maximum atomic E-state index is 11.9.